The van der Waals surface area contributed by atoms with Crippen LogP contribution in [-0.4, -0.2) is 6.61 Å². The lowest BCUT2D eigenvalue weighted by Gasteiger charge is -2.15. The highest BCUT2D eigenvalue weighted by Crippen LogP contribution is 2.26. The summed E-state index contributed by atoms with van der Waals surface area (Å²) in [5.41, 5.74) is 9.64. The Kier molecular flexibility index (Phi) is 5.05. The standard InChI is InChI=1S/C17H20ClNO/c1-3-13-5-7-14(8-6-13)16(19)11-20-17-9-4-12(2)10-15(17)18/h4-10,16H,3,11,19H2,1-2H3. The second-order valence-electron chi connectivity index (χ2n) is 4.95. The Morgan fingerprint density at radius 1 is 1.15 bits per heavy atom. The van der Waals surface area contributed by atoms with E-state index < -0.39 is 0 Å². The van der Waals surface area contributed by atoms with Gasteiger partial charge in [0.25, 0.3) is 0 Å². The van der Waals surface area contributed by atoms with Crippen LogP contribution in [0.15, 0.2) is 42.5 Å². The predicted molar refractivity (Wildman–Crippen MR) is 84.4 cm³/mol. The van der Waals surface area contributed by atoms with E-state index in [0.717, 1.165) is 17.5 Å². The van der Waals surface area contributed by atoms with E-state index >= 15 is 0 Å². The Morgan fingerprint density at radius 2 is 1.85 bits per heavy atom. The summed E-state index contributed by atoms with van der Waals surface area (Å²) in [4.78, 5) is 0. The molecular formula is C17H20ClNO. The summed E-state index contributed by atoms with van der Waals surface area (Å²) in [6, 6.07) is 13.9. The van der Waals surface area contributed by atoms with Crippen molar-refractivity contribution in [2.45, 2.75) is 26.3 Å². The van der Waals surface area contributed by atoms with Gasteiger partial charge in [-0.25, -0.2) is 0 Å². The molecular weight excluding hydrogens is 270 g/mol. The van der Waals surface area contributed by atoms with Crippen molar-refractivity contribution in [2.75, 3.05) is 6.61 Å². The normalized spacial score (nSPS) is 12.2. The summed E-state index contributed by atoms with van der Waals surface area (Å²) in [5.74, 6) is 0.679. The minimum atomic E-state index is -0.154. The van der Waals surface area contributed by atoms with E-state index in [0.29, 0.717) is 17.4 Å². The van der Waals surface area contributed by atoms with Crippen molar-refractivity contribution in [3.63, 3.8) is 0 Å². The zero-order valence-electron chi connectivity index (χ0n) is 11.9. The molecule has 2 rings (SSSR count). The van der Waals surface area contributed by atoms with Gasteiger partial charge in [0.15, 0.2) is 0 Å². The fraction of sp³-hybridized carbons (Fsp3) is 0.294. The number of ether oxygens (including phenoxy) is 1. The minimum absolute atomic E-state index is 0.154. The van der Waals surface area contributed by atoms with Gasteiger partial charge in [0.2, 0.25) is 0 Å². The van der Waals surface area contributed by atoms with Crippen molar-refractivity contribution >= 4 is 11.6 Å². The molecule has 20 heavy (non-hydrogen) atoms. The molecule has 106 valence electrons. The third-order valence-corrected chi connectivity index (χ3v) is 3.62. The molecule has 2 aromatic rings. The van der Waals surface area contributed by atoms with Crippen molar-refractivity contribution in [3.8, 4) is 5.75 Å². The fourth-order valence-electron chi connectivity index (χ4n) is 2.00. The van der Waals surface area contributed by atoms with E-state index in [1.54, 1.807) is 0 Å². The topological polar surface area (TPSA) is 35.2 Å². The molecule has 2 N–H and O–H groups in total. The number of aryl methyl sites for hydroxylation is 2. The molecule has 0 aromatic heterocycles. The number of hydrogen-bond acceptors (Lipinski definition) is 2. The lowest BCUT2D eigenvalue weighted by molar-refractivity contribution is 0.291. The Labute approximate surface area is 125 Å². The molecule has 2 nitrogen and oxygen atoms in total. The van der Waals surface area contributed by atoms with Crippen LogP contribution in [0.4, 0.5) is 0 Å². The number of hydrogen-bond donors (Lipinski definition) is 1. The molecule has 2 aromatic carbocycles. The van der Waals surface area contributed by atoms with Gasteiger partial charge in [-0.2, -0.15) is 0 Å². The molecule has 0 saturated heterocycles. The molecule has 0 radical (unpaired) electrons. The van der Waals surface area contributed by atoms with Gasteiger partial charge in [-0.3, -0.25) is 0 Å². The minimum Gasteiger partial charge on any atom is -0.490 e. The Balaban J connectivity index is 1.98. The lowest BCUT2D eigenvalue weighted by atomic mass is 10.1. The summed E-state index contributed by atoms with van der Waals surface area (Å²) in [5, 5.41) is 0.624. The molecule has 0 aliphatic heterocycles. The lowest BCUT2D eigenvalue weighted by Crippen LogP contribution is -2.19. The Morgan fingerprint density at radius 3 is 2.45 bits per heavy atom. The number of nitrogens with two attached hydrogens (primary N) is 1. The molecule has 0 bridgehead atoms. The van der Waals surface area contributed by atoms with Gasteiger partial charge in [0, 0.05) is 0 Å². The third kappa shape index (κ3) is 3.75. The van der Waals surface area contributed by atoms with Crippen LogP contribution >= 0.6 is 11.6 Å². The average molecular weight is 290 g/mol. The SMILES string of the molecule is CCc1ccc(C(N)COc2ccc(C)cc2Cl)cc1. The maximum atomic E-state index is 6.15. The van der Waals surface area contributed by atoms with Gasteiger partial charge in [-0.05, 0) is 42.2 Å². The van der Waals surface area contributed by atoms with Gasteiger partial charge < -0.3 is 10.5 Å². The van der Waals surface area contributed by atoms with Gasteiger partial charge in [-0.1, -0.05) is 48.9 Å². The second-order valence-corrected chi connectivity index (χ2v) is 5.35. The first-order valence-corrected chi connectivity index (χ1v) is 7.21. The molecule has 0 aliphatic carbocycles. The summed E-state index contributed by atoms with van der Waals surface area (Å²) < 4.78 is 5.71. The van der Waals surface area contributed by atoms with Crippen LogP contribution in [0.25, 0.3) is 0 Å². The first-order chi connectivity index (χ1) is 9.60. The highest BCUT2D eigenvalue weighted by atomic mass is 35.5. The predicted octanol–water partition coefficient (Wildman–Crippen LogP) is 4.29. The second kappa shape index (κ2) is 6.78. The van der Waals surface area contributed by atoms with Crippen LogP contribution in [0, 0.1) is 6.92 Å². The Bertz CT molecular complexity index is 566. The van der Waals surface area contributed by atoms with Crippen LogP contribution in [0.1, 0.15) is 29.7 Å². The maximum Gasteiger partial charge on any atom is 0.138 e. The summed E-state index contributed by atoms with van der Waals surface area (Å²) in [6.07, 6.45) is 1.03. The fourth-order valence-corrected chi connectivity index (χ4v) is 2.29. The first kappa shape index (κ1) is 14.9. The summed E-state index contributed by atoms with van der Waals surface area (Å²) in [7, 11) is 0. The molecule has 1 atom stereocenters. The summed E-state index contributed by atoms with van der Waals surface area (Å²) in [6.45, 7) is 4.54. The van der Waals surface area contributed by atoms with E-state index in [2.05, 4.69) is 31.2 Å². The highest BCUT2D eigenvalue weighted by Gasteiger charge is 2.08. The zero-order valence-corrected chi connectivity index (χ0v) is 12.7. The van der Waals surface area contributed by atoms with Crippen LogP contribution in [0.3, 0.4) is 0 Å². The van der Waals surface area contributed by atoms with Crippen LogP contribution < -0.4 is 10.5 Å². The largest absolute Gasteiger partial charge is 0.490 e. The van der Waals surface area contributed by atoms with Gasteiger partial charge in [0.1, 0.15) is 12.4 Å². The smallest absolute Gasteiger partial charge is 0.138 e. The molecule has 0 fully saturated rings. The van der Waals surface area contributed by atoms with Gasteiger partial charge in [-0.15, -0.1) is 0 Å². The molecule has 0 spiro atoms. The highest BCUT2D eigenvalue weighted by molar-refractivity contribution is 6.32. The maximum absolute atomic E-state index is 6.15. The zero-order chi connectivity index (χ0) is 14.5. The van der Waals surface area contributed by atoms with E-state index in [9.17, 15) is 0 Å². The molecule has 1 unspecified atom stereocenters. The summed E-state index contributed by atoms with van der Waals surface area (Å²) >= 11 is 6.13. The molecule has 0 amide bonds. The van der Waals surface area contributed by atoms with E-state index in [1.165, 1.54) is 5.56 Å². The number of benzene rings is 2. The van der Waals surface area contributed by atoms with Gasteiger partial charge >= 0.3 is 0 Å². The van der Waals surface area contributed by atoms with Crippen LogP contribution in [0.5, 0.6) is 5.75 Å². The number of rotatable bonds is 5. The molecule has 0 aliphatic rings. The van der Waals surface area contributed by atoms with E-state index in [-0.39, 0.29) is 6.04 Å². The Hall–Kier alpha value is -1.51. The van der Waals surface area contributed by atoms with Gasteiger partial charge in [0.05, 0.1) is 11.1 Å². The van der Waals surface area contributed by atoms with Crippen molar-refractivity contribution in [1.29, 1.82) is 0 Å². The molecule has 0 heterocycles. The number of halogens is 1. The van der Waals surface area contributed by atoms with Crippen molar-refractivity contribution in [3.05, 3.63) is 64.2 Å². The van der Waals surface area contributed by atoms with Crippen LogP contribution in [0.2, 0.25) is 5.02 Å². The molecule has 0 saturated carbocycles. The first-order valence-electron chi connectivity index (χ1n) is 6.83. The monoisotopic (exact) mass is 289 g/mol. The van der Waals surface area contributed by atoms with Crippen molar-refractivity contribution < 1.29 is 4.74 Å². The van der Waals surface area contributed by atoms with E-state index in [1.807, 2.05) is 25.1 Å². The third-order valence-electron chi connectivity index (χ3n) is 3.32. The van der Waals surface area contributed by atoms with Crippen molar-refractivity contribution in [2.24, 2.45) is 5.73 Å². The van der Waals surface area contributed by atoms with E-state index in [4.69, 9.17) is 22.1 Å². The van der Waals surface area contributed by atoms with Crippen LogP contribution in [-0.2, 0) is 6.42 Å². The molecule has 3 heteroatoms. The quantitative estimate of drug-likeness (QED) is 0.891. The average Bonchev–Trinajstić information content (AvgIpc) is 2.46. The van der Waals surface area contributed by atoms with Crippen molar-refractivity contribution in [1.82, 2.24) is 0 Å².